The zero-order chi connectivity index (χ0) is 17.9. The highest BCUT2D eigenvalue weighted by Gasteiger charge is 2.41. The summed E-state index contributed by atoms with van der Waals surface area (Å²) >= 11 is 0. The van der Waals surface area contributed by atoms with Crippen LogP contribution in [0, 0.1) is 5.92 Å². The first-order valence-corrected chi connectivity index (χ1v) is 9.05. The number of hydrogen-bond donors (Lipinski definition) is 2. The Balaban J connectivity index is 1.52. The van der Waals surface area contributed by atoms with Gasteiger partial charge in [0.15, 0.2) is 5.60 Å². The summed E-state index contributed by atoms with van der Waals surface area (Å²) in [6.07, 6.45) is 2.58. The lowest BCUT2D eigenvalue weighted by molar-refractivity contribution is -0.152. The molecule has 0 aromatic heterocycles. The van der Waals surface area contributed by atoms with Gasteiger partial charge in [-0.15, -0.1) is 0 Å². The summed E-state index contributed by atoms with van der Waals surface area (Å²) in [5, 5.41) is 10.3. The van der Waals surface area contributed by atoms with E-state index in [1.54, 1.807) is 4.90 Å². The molecule has 0 aliphatic carbocycles. The van der Waals surface area contributed by atoms with Crippen molar-refractivity contribution in [2.75, 3.05) is 26.2 Å². The molecule has 0 radical (unpaired) electrons. The number of nitrogens with two attached hydrogens (primary N) is 1. The topological polar surface area (TPSA) is 86.9 Å². The minimum Gasteiger partial charge on any atom is -0.378 e. The first-order valence-electron chi connectivity index (χ1n) is 9.05. The average molecular weight is 345 g/mol. The van der Waals surface area contributed by atoms with Crippen molar-refractivity contribution in [3.8, 4) is 0 Å². The molecule has 2 aliphatic heterocycles. The highest BCUT2D eigenvalue weighted by Crippen LogP contribution is 2.26. The van der Waals surface area contributed by atoms with Crippen LogP contribution in [0.3, 0.4) is 0 Å². The Hall–Kier alpha value is -1.92. The van der Waals surface area contributed by atoms with Crippen molar-refractivity contribution in [1.29, 1.82) is 0 Å². The number of carbonyl (C=O) groups excluding carboxylic acids is 2. The van der Waals surface area contributed by atoms with E-state index in [1.807, 2.05) is 18.2 Å². The van der Waals surface area contributed by atoms with Crippen LogP contribution < -0.4 is 5.73 Å². The molecule has 2 fully saturated rings. The zero-order valence-corrected chi connectivity index (χ0v) is 14.6. The molecular formula is C19H27N3O3. The molecule has 25 heavy (non-hydrogen) atoms. The molecule has 1 atom stereocenters. The van der Waals surface area contributed by atoms with E-state index in [2.05, 4.69) is 17.0 Å². The number of primary amides is 1. The number of hydrogen-bond acceptors (Lipinski definition) is 4. The predicted octanol–water partition coefficient (Wildman–Crippen LogP) is 0.737. The lowest BCUT2D eigenvalue weighted by Crippen LogP contribution is -2.58. The number of likely N-dealkylation sites (tertiary alicyclic amines) is 2. The van der Waals surface area contributed by atoms with Crippen molar-refractivity contribution in [3.05, 3.63) is 35.9 Å². The van der Waals surface area contributed by atoms with Crippen LogP contribution in [0.5, 0.6) is 0 Å². The van der Waals surface area contributed by atoms with Crippen molar-refractivity contribution < 1.29 is 14.7 Å². The molecule has 2 heterocycles. The van der Waals surface area contributed by atoms with E-state index >= 15 is 0 Å². The van der Waals surface area contributed by atoms with Crippen LogP contribution in [-0.2, 0) is 16.1 Å². The second-order valence-corrected chi connectivity index (χ2v) is 7.30. The fourth-order valence-corrected chi connectivity index (χ4v) is 3.86. The Labute approximate surface area is 148 Å². The smallest absolute Gasteiger partial charge is 0.251 e. The van der Waals surface area contributed by atoms with Gasteiger partial charge in [-0.3, -0.25) is 14.5 Å². The molecule has 0 saturated carbocycles. The molecule has 0 bridgehead atoms. The quantitative estimate of drug-likeness (QED) is 0.842. The van der Waals surface area contributed by atoms with Crippen LogP contribution >= 0.6 is 0 Å². The SMILES string of the molecule is NC(=O)C1(O)CCCN(C(=O)C2CCN(Cc3ccccc3)CC2)C1. The first kappa shape index (κ1) is 17.9. The lowest BCUT2D eigenvalue weighted by atomic mass is 9.89. The third-order valence-electron chi connectivity index (χ3n) is 5.43. The molecule has 1 aromatic rings. The summed E-state index contributed by atoms with van der Waals surface area (Å²) in [5.41, 5.74) is 5.02. The lowest BCUT2D eigenvalue weighted by Gasteiger charge is -2.40. The van der Waals surface area contributed by atoms with Gasteiger partial charge in [-0.1, -0.05) is 30.3 Å². The molecular weight excluding hydrogens is 318 g/mol. The highest BCUT2D eigenvalue weighted by molar-refractivity contribution is 5.85. The highest BCUT2D eigenvalue weighted by atomic mass is 16.3. The van der Waals surface area contributed by atoms with Gasteiger partial charge in [0, 0.05) is 19.0 Å². The second kappa shape index (κ2) is 7.54. The van der Waals surface area contributed by atoms with Crippen molar-refractivity contribution in [2.45, 2.75) is 37.8 Å². The van der Waals surface area contributed by atoms with Crippen LogP contribution in [0.4, 0.5) is 0 Å². The van der Waals surface area contributed by atoms with Gasteiger partial charge in [0.2, 0.25) is 5.91 Å². The van der Waals surface area contributed by atoms with E-state index in [0.29, 0.717) is 19.4 Å². The Bertz CT molecular complexity index is 614. The van der Waals surface area contributed by atoms with Crippen LogP contribution in [0.25, 0.3) is 0 Å². The number of carbonyl (C=O) groups is 2. The minimum absolute atomic E-state index is 0.0257. The summed E-state index contributed by atoms with van der Waals surface area (Å²) in [7, 11) is 0. The number of piperidine rings is 2. The Morgan fingerprint density at radius 3 is 2.48 bits per heavy atom. The summed E-state index contributed by atoms with van der Waals surface area (Å²) in [6, 6.07) is 10.3. The Morgan fingerprint density at radius 1 is 1.16 bits per heavy atom. The second-order valence-electron chi connectivity index (χ2n) is 7.30. The van der Waals surface area contributed by atoms with Crippen LogP contribution in [0.2, 0.25) is 0 Å². The number of amides is 2. The third-order valence-corrected chi connectivity index (χ3v) is 5.43. The van der Waals surface area contributed by atoms with Crippen molar-refractivity contribution in [2.24, 2.45) is 11.7 Å². The molecule has 6 heteroatoms. The Morgan fingerprint density at radius 2 is 1.84 bits per heavy atom. The molecule has 2 amide bonds. The summed E-state index contributed by atoms with van der Waals surface area (Å²) < 4.78 is 0. The molecule has 3 N–H and O–H groups in total. The van der Waals surface area contributed by atoms with Crippen LogP contribution in [0.15, 0.2) is 30.3 Å². The monoisotopic (exact) mass is 345 g/mol. The maximum absolute atomic E-state index is 12.8. The largest absolute Gasteiger partial charge is 0.378 e. The fraction of sp³-hybridized carbons (Fsp3) is 0.579. The minimum atomic E-state index is -1.57. The van der Waals surface area contributed by atoms with Gasteiger partial charge >= 0.3 is 0 Å². The molecule has 2 aliphatic rings. The maximum Gasteiger partial charge on any atom is 0.251 e. The summed E-state index contributed by atoms with van der Waals surface area (Å²) in [4.78, 5) is 28.2. The number of aliphatic hydroxyl groups is 1. The predicted molar refractivity (Wildman–Crippen MR) is 94.4 cm³/mol. The zero-order valence-electron chi connectivity index (χ0n) is 14.6. The molecule has 3 rings (SSSR count). The van der Waals surface area contributed by atoms with E-state index in [-0.39, 0.29) is 18.4 Å². The molecule has 6 nitrogen and oxygen atoms in total. The van der Waals surface area contributed by atoms with E-state index in [0.717, 1.165) is 32.5 Å². The third kappa shape index (κ3) is 4.19. The van der Waals surface area contributed by atoms with E-state index < -0.39 is 11.5 Å². The van der Waals surface area contributed by atoms with Crippen LogP contribution in [0.1, 0.15) is 31.2 Å². The van der Waals surface area contributed by atoms with Gasteiger partial charge in [0.25, 0.3) is 5.91 Å². The number of benzene rings is 1. The van der Waals surface area contributed by atoms with Gasteiger partial charge in [0.1, 0.15) is 0 Å². The van der Waals surface area contributed by atoms with E-state index in [1.165, 1.54) is 5.56 Å². The van der Waals surface area contributed by atoms with Crippen molar-refractivity contribution in [3.63, 3.8) is 0 Å². The average Bonchev–Trinajstić information content (AvgIpc) is 2.62. The van der Waals surface area contributed by atoms with Crippen molar-refractivity contribution >= 4 is 11.8 Å². The van der Waals surface area contributed by atoms with Gasteiger partial charge < -0.3 is 15.7 Å². The molecule has 2 saturated heterocycles. The molecule has 1 aromatic carbocycles. The standard InChI is InChI=1S/C19H27N3O3/c20-18(24)19(25)9-4-10-22(14-19)17(23)16-7-11-21(12-8-16)13-15-5-2-1-3-6-15/h1-3,5-6,16,25H,4,7-14H2,(H2,20,24). The number of β-amino-alcohol motifs (C(OH)–C–C–N with tert-alkyl or cyclic N) is 1. The van der Waals surface area contributed by atoms with Gasteiger partial charge in [-0.05, 0) is 44.3 Å². The van der Waals surface area contributed by atoms with Gasteiger partial charge in [0.05, 0.1) is 6.54 Å². The molecule has 0 spiro atoms. The Kier molecular flexibility index (Phi) is 5.39. The summed E-state index contributed by atoms with van der Waals surface area (Å²) in [6.45, 7) is 3.31. The van der Waals surface area contributed by atoms with Crippen molar-refractivity contribution in [1.82, 2.24) is 9.80 Å². The number of rotatable bonds is 4. The normalized spacial score (nSPS) is 25.7. The first-order chi connectivity index (χ1) is 12.0. The molecule has 1 unspecified atom stereocenters. The fourth-order valence-electron chi connectivity index (χ4n) is 3.86. The van der Waals surface area contributed by atoms with Crippen LogP contribution in [-0.4, -0.2) is 58.5 Å². The number of nitrogens with zero attached hydrogens (tertiary/aromatic N) is 2. The van der Waals surface area contributed by atoms with Gasteiger partial charge in [-0.2, -0.15) is 0 Å². The maximum atomic E-state index is 12.8. The summed E-state index contributed by atoms with van der Waals surface area (Å²) in [5.74, 6) is -0.705. The molecule has 136 valence electrons. The van der Waals surface area contributed by atoms with Gasteiger partial charge in [-0.25, -0.2) is 0 Å². The van der Waals surface area contributed by atoms with E-state index in [9.17, 15) is 14.7 Å². The van der Waals surface area contributed by atoms with E-state index in [4.69, 9.17) is 5.73 Å².